The van der Waals surface area contributed by atoms with Gasteiger partial charge in [0.25, 0.3) is 0 Å². The van der Waals surface area contributed by atoms with Crippen LogP contribution in [0.5, 0.6) is 0 Å². The molecule has 0 N–H and O–H groups in total. The topological polar surface area (TPSA) is 38.8 Å². The van der Waals surface area contributed by atoms with Crippen LogP contribution < -0.4 is 4.90 Å². The van der Waals surface area contributed by atoms with Gasteiger partial charge in [0.2, 0.25) is 0 Å². The van der Waals surface area contributed by atoms with Crippen LogP contribution in [0.2, 0.25) is 0 Å². The molecule has 4 heteroatoms. The van der Waals surface area contributed by atoms with E-state index in [9.17, 15) is 4.79 Å². The van der Waals surface area contributed by atoms with Gasteiger partial charge in [-0.25, -0.2) is 0 Å². The molecule has 18 heavy (non-hydrogen) atoms. The smallest absolute Gasteiger partial charge is 0.150 e. The van der Waals surface area contributed by atoms with Crippen molar-refractivity contribution in [2.45, 2.75) is 6.42 Å². The van der Waals surface area contributed by atoms with Crippen molar-refractivity contribution in [3.63, 3.8) is 0 Å². The molecule has 0 heterocycles. The predicted octanol–water partition coefficient (Wildman–Crippen LogP) is 1.99. The quantitative estimate of drug-likeness (QED) is 0.497. The largest absolute Gasteiger partial charge is 0.385 e. The highest BCUT2D eigenvalue weighted by Crippen LogP contribution is 2.15. The third-order valence-corrected chi connectivity index (χ3v) is 2.74. The molecule has 0 aliphatic carbocycles. The van der Waals surface area contributed by atoms with E-state index in [0.717, 1.165) is 38.1 Å². The molecule has 0 saturated carbocycles. The molecule has 0 unspecified atom stereocenters. The SMILES string of the molecule is COCCCN(CCOC)c1ccc(C=O)cc1. The minimum absolute atomic E-state index is 0.683. The first kappa shape index (κ1) is 14.7. The highest BCUT2D eigenvalue weighted by Gasteiger charge is 2.06. The van der Waals surface area contributed by atoms with Crippen molar-refractivity contribution < 1.29 is 14.3 Å². The molecule has 0 atom stereocenters. The lowest BCUT2D eigenvalue weighted by Gasteiger charge is -2.24. The first-order valence-corrected chi connectivity index (χ1v) is 6.10. The Balaban J connectivity index is 2.63. The summed E-state index contributed by atoms with van der Waals surface area (Å²) in [7, 11) is 3.40. The van der Waals surface area contributed by atoms with Gasteiger partial charge in [0, 0.05) is 45.2 Å². The predicted molar refractivity (Wildman–Crippen MR) is 72.4 cm³/mol. The summed E-state index contributed by atoms with van der Waals surface area (Å²) in [6.07, 6.45) is 1.82. The summed E-state index contributed by atoms with van der Waals surface area (Å²) in [6, 6.07) is 7.59. The number of carbonyl (C=O) groups excluding carboxylic acids is 1. The Morgan fingerprint density at radius 3 is 2.28 bits per heavy atom. The Bertz CT molecular complexity index is 337. The van der Waals surface area contributed by atoms with Crippen LogP contribution in [0.3, 0.4) is 0 Å². The Morgan fingerprint density at radius 1 is 1.06 bits per heavy atom. The molecule has 1 rings (SSSR count). The number of hydrogen-bond donors (Lipinski definition) is 0. The Morgan fingerprint density at radius 2 is 1.72 bits per heavy atom. The van der Waals surface area contributed by atoms with Gasteiger partial charge < -0.3 is 14.4 Å². The van der Waals surface area contributed by atoms with Crippen LogP contribution in [0, 0.1) is 0 Å². The number of ether oxygens (including phenoxy) is 2. The first-order chi connectivity index (χ1) is 8.81. The lowest BCUT2D eigenvalue weighted by Crippen LogP contribution is -2.28. The molecular weight excluding hydrogens is 230 g/mol. The maximum atomic E-state index is 10.6. The van der Waals surface area contributed by atoms with Gasteiger partial charge in [0.1, 0.15) is 6.29 Å². The minimum atomic E-state index is 0.683. The van der Waals surface area contributed by atoms with Crippen LogP contribution in [-0.2, 0) is 9.47 Å². The van der Waals surface area contributed by atoms with Crippen molar-refractivity contribution in [2.75, 3.05) is 45.4 Å². The molecule has 0 bridgehead atoms. The molecule has 4 nitrogen and oxygen atoms in total. The minimum Gasteiger partial charge on any atom is -0.385 e. The van der Waals surface area contributed by atoms with Crippen LogP contribution >= 0.6 is 0 Å². The van der Waals surface area contributed by atoms with E-state index in [4.69, 9.17) is 9.47 Å². The molecule has 0 aliphatic rings. The number of methoxy groups -OCH3 is 2. The first-order valence-electron chi connectivity index (χ1n) is 6.10. The van der Waals surface area contributed by atoms with E-state index < -0.39 is 0 Å². The van der Waals surface area contributed by atoms with E-state index in [1.165, 1.54) is 0 Å². The van der Waals surface area contributed by atoms with Gasteiger partial charge in [-0.2, -0.15) is 0 Å². The van der Waals surface area contributed by atoms with Crippen LogP contribution in [-0.4, -0.2) is 46.8 Å². The Labute approximate surface area is 108 Å². The molecule has 0 radical (unpaired) electrons. The van der Waals surface area contributed by atoms with E-state index in [1.54, 1.807) is 14.2 Å². The van der Waals surface area contributed by atoms with E-state index >= 15 is 0 Å². The van der Waals surface area contributed by atoms with Gasteiger partial charge in [0.05, 0.1) is 6.61 Å². The number of anilines is 1. The van der Waals surface area contributed by atoms with Gasteiger partial charge in [-0.1, -0.05) is 0 Å². The normalized spacial score (nSPS) is 10.3. The number of rotatable bonds is 9. The monoisotopic (exact) mass is 251 g/mol. The molecule has 0 aromatic heterocycles. The zero-order valence-corrected chi connectivity index (χ0v) is 11.1. The summed E-state index contributed by atoms with van der Waals surface area (Å²) >= 11 is 0. The van der Waals surface area contributed by atoms with Crippen LogP contribution in [0.1, 0.15) is 16.8 Å². The maximum Gasteiger partial charge on any atom is 0.150 e. The molecule has 0 aliphatic heterocycles. The molecule has 0 saturated heterocycles. The summed E-state index contributed by atoms with van der Waals surface area (Å²) in [5.41, 5.74) is 1.80. The molecule has 0 amide bonds. The van der Waals surface area contributed by atoms with Gasteiger partial charge in [-0.05, 0) is 30.7 Å². The lowest BCUT2D eigenvalue weighted by molar-refractivity contribution is 0.112. The zero-order chi connectivity index (χ0) is 13.2. The van der Waals surface area contributed by atoms with E-state index in [2.05, 4.69) is 4.90 Å². The van der Waals surface area contributed by atoms with Gasteiger partial charge in [-0.15, -0.1) is 0 Å². The summed E-state index contributed by atoms with van der Waals surface area (Å²) in [5.74, 6) is 0. The fourth-order valence-corrected chi connectivity index (χ4v) is 1.73. The second kappa shape index (κ2) is 8.66. The summed E-state index contributed by atoms with van der Waals surface area (Å²) in [5, 5.41) is 0. The fourth-order valence-electron chi connectivity index (χ4n) is 1.73. The maximum absolute atomic E-state index is 10.6. The second-order valence-corrected chi connectivity index (χ2v) is 4.04. The fraction of sp³-hybridized carbons (Fsp3) is 0.500. The highest BCUT2D eigenvalue weighted by molar-refractivity contribution is 5.75. The second-order valence-electron chi connectivity index (χ2n) is 4.04. The van der Waals surface area contributed by atoms with E-state index in [0.29, 0.717) is 12.2 Å². The molecule has 1 aromatic carbocycles. The van der Waals surface area contributed by atoms with Crippen LogP contribution in [0.25, 0.3) is 0 Å². The van der Waals surface area contributed by atoms with Crippen LogP contribution in [0.4, 0.5) is 5.69 Å². The van der Waals surface area contributed by atoms with Gasteiger partial charge in [0.15, 0.2) is 0 Å². The third kappa shape index (κ3) is 4.85. The van der Waals surface area contributed by atoms with E-state index in [-0.39, 0.29) is 0 Å². The summed E-state index contributed by atoms with van der Waals surface area (Å²) in [4.78, 5) is 12.9. The van der Waals surface area contributed by atoms with Crippen molar-refractivity contribution in [3.8, 4) is 0 Å². The van der Waals surface area contributed by atoms with E-state index in [1.807, 2.05) is 24.3 Å². The summed E-state index contributed by atoms with van der Waals surface area (Å²) < 4.78 is 10.2. The highest BCUT2D eigenvalue weighted by atomic mass is 16.5. The third-order valence-electron chi connectivity index (χ3n) is 2.74. The average Bonchev–Trinajstić information content (AvgIpc) is 2.43. The van der Waals surface area contributed by atoms with Crippen molar-refractivity contribution >= 4 is 12.0 Å². The average molecular weight is 251 g/mol. The van der Waals surface area contributed by atoms with Crippen LogP contribution in [0.15, 0.2) is 24.3 Å². The zero-order valence-electron chi connectivity index (χ0n) is 11.1. The van der Waals surface area contributed by atoms with Crippen molar-refractivity contribution in [1.82, 2.24) is 0 Å². The number of benzene rings is 1. The molecule has 0 fully saturated rings. The van der Waals surface area contributed by atoms with Crippen molar-refractivity contribution in [2.24, 2.45) is 0 Å². The number of hydrogen-bond acceptors (Lipinski definition) is 4. The number of carbonyl (C=O) groups is 1. The Kier molecular flexibility index (Phi) is 7.06. The standard InChI is InChI=1S/C14H21NO3/c1-17-10-3-8-15(9-11-18-2)14-6-4-13(12-16)5-7-14/h4-7,12H,3,8-11H2,1-2H3. The molecule has 1 aromatic rings. The molecule has 0 spiro atoms. The van der Waals surface area contributed by atoms with Crippen molar-refractivity contribution in [1.29, 1.82) is 0 Å². The number of aldehydes is 1. The molecule has 100 valence electrons. The van der Waals surface area contributed by atoms with Crippen molar-refractivity contribution in [3.05, 3.63) is 29.8 Å². The lowest BCUT2D eigenvalue weighted by atomic mass is 10.2. The molecular formula is C14H21NO3. The van der Waals surface area contributed by atoms with Gasteiger partial charge >= 0.3 is 0 Å². The summed E-state index contributed by atoms with van der Waals surface area (Å²) in [6.45, 7) is 3.18. The van der Waals surface area contributed by atoms with Gasteiger partial charge in [-0.3, -0.25) is 4.79 Å². The Hall–Kier alpha value is -1.39. The number of nitrogens with zero attached hydrogens (tertiary/aromatic N) is 1.